The lowest BCUT2D eigenvalue weighted by molar-refractivity contribution is 0.768. The molecule has 0 spiro atoms. The highest BCUT2D eigenvalue weighted by Gasteiger charge is 2.47. The smallest absolute Gasteiger partial charge is 0.0714 e. The van der Waals surface area contributed by atoms with Crippen LogP contribution in [0.1, 0.15) is 22.3 Å². The third-order valence-electron chi connectivity index (χ3n) is 10.1. The van der Waals surface area contributed by atoms with Gasteiger partial charge in [-0.3, -0.25) is 0 Å². The van der Waals surface area contributed by atoms with Crippen LogP contribution in [0, 0.1) is 0 Å². The maximum absolute atomic E-state index is 2.42. The van der Waals surface area contributed by atoms with Crippen LogP contribution < -0.4 is 4.90 Å². The summed E-state index contributed by atoms with van der Waals surface area (Å²) < 4.78 is 0. The van der Waals surface area contributed by atoms with Crippen molar-refractivity contribution >= 4 is 17.1 Å². The zero-order valence-corrected chi connectivity index (χ0v) is 27.7. The van der Waals surface area contributed by atoms with Gasteiger partial charge in [-0.1, -0.05) is 176 Å². The van der Waals surface area contributed by atoms with E-state index >= 15 is 0 Å². The number of hydrogen-bond donors (Lipinski definition) is 0. The van der Waals surface area contributed by atoms with E-state index in [1.807, 2.05) is 0 Å². The van der Waals surface area contributed by atoms with Gasteiger partial charge in [-0.2, -0.15) is 0 Å². The molecule has 1 nitrogen and oxygen atoms in total. The monoisotopic (exact) mass is 637 g/mol. The number of fused-ring (bicyclic) bond motifs is 3. The Bertz CT molecular complexity index is 2360. The zero-order chi connectivity index (χ0) is 33.3. The molecule has 1 aliphatic carbocycles. The van der Waals surface area contributed by atoms with Crippen LogP contribution in [0.2, 0.25) is 0 Å². The Balaban J connectivity index is 1.24. The largest absolute Gasteiger partial charge is 0.310 e. The van der Waals surface area contributed by atoms with Crippen molar-refractivity contribution in [3.8, 4) is 33.4 Å². The van der Waals surface area contributed by atoms with E-state index in [-0.39, 0.29) is 0 Å². The highest BCUT2D eigenvalue weighted by molar-refractivity contribution is 5.97. The fraction of sp³-hybridized carbons (Fsp3) is 0.0204. The average molecular weight is 638 g/mol. The quantitative estimate of drug-likeness (QED) is 0.168. The third-order valence-corrected chi connectivity index (χ3v) is 10.1. The van der Waals surface area contributed by atoms with Gasteiger partial charge in [0, 0.05) is 16.9 Å². The van der Waals surface area contributed by atoms with Crippen LogP contribution in [0.4, 0.5) is 17.1 Å². The molecule has 8 aromatic carbocycles. The fourth-order valence-electron chi connectivity index (χ4n) is 7.98. The van der Waals surface area contributed by atoms with Crippen molar-refractivity contribution in [2.24, 2.45) is 0 Å². The topological polar surface area (TPSA) is 3.24 Å². The Morgan fingerprint density at radius 3 is 1.42 bits per heavy atom. The maximum atomic E-state index is 2.42. The van der Waals surface area contributed by atoms with E-state index in [9.17, 15) is 0 Å². The minimum Gasteiger partial charge on any atom is -0.310 e. The molecule has 1 aliphatic rings. The molecule has 0 amide bonds. The molecule has 1 heteroatoms. The van der Waals surface area contributed by atoms with Gasteiger partial charge in [0.25, 0.3) is 0 Å². The summed E-state index contributed by atoms with van der Waals surface area (Å²) in [5.41, 5.74) is 15.4. The molecule has 0 unspecified atom stereocenters. The van der Waals surface area contributed by atoms with Crippen LogP contribution in [0.3, 0.4) is 0 Å². The molecule has 0 N–H and O–H groups in total. The van der Waals surface area contributed by atoms with E-state index < -0.39 is 5.41 Å². The molecule has 0 aromatic heterocycles. The van der Waals surface area contributed by atoms with Gasteiger partial charge in [-0.15, -0.1) is 0 Å². The lowest BCUT2D eigenvalue weighted by atomic mass is 9.68. The van der Waals surface area contributed by atoms with Crippen LogP contribution >= 0.6 is 0 Å². The van der Waals surface area contributed by atoms with Crippen LogP contribution in [0.5, 0.6) is 0 Å². The van der Waals surface area contributed by atoms with Gasteiger partial charge in [-0.05, 0) is 86.5 Å². The first-order valence-corrected chi connectivity index (χ1v) is 17.3. The number of para-hydroxylation sites is 1. The van der Waals surface area contributed by atoms with Gasteiger partial charge in [0.15, 0.2) is 0 Å². The molecule has 8 aromatic rings. The molecule has 0 fully saturated rings. The molecule has 0 radical (unpaired) electrons. The number of rotatable bonds is 7. The second-order valence-electron chi connectivity index (χ2n) is 12.9. The van der Waals surface area contributed by atoms with E-state index in [0.29, 0.717) is 0 Å². The van der Waals surface area contributed by atoms with E-state index in [1.54, 1.807) is 0 Å². The van der Waals surface area contributed by atoms with Crippen molar-refractivity contribution < 1.29 is 0 Å². The Hall–Kier alpha value is -6.44. The van der Waals surface area contributed by atoms with Gasteiger partial charge < -0.3 is 4.90 Å². The first kappa shape index (κ1) is 29.7. The summed E-state index contributed by atoms with van der Waals surface area (Å²) in [4.78, 5) is 2.42. The summed E-state index contributed by atoms with van der Waals surface area (Å²) in [6, 6.07) is 77.1. The van der Waals surface area contributed by atoms with Gasteiger partial charge >= 0.3 is 0 Å². The van der Waals surface area contributed by atoms with Crippen molar-refractivity contribution in [3.05, 3.63) is 235 Å². The molecular formula is C49H35N. The third kappa shape index (κ3) is 4.86. The normalized spacial score (nSPS) is 12.6. The number of benzene rings is 8. The van der Waals surface area contributed by atoms with E-state index in [2.05, 4.69) is 217 Å². The van der Waals surface area contributed by atoms with Crippen molar-refractivity contribution in [1.82, 2.24) is 0 Å². The van der Waals surface area contributed by atoms with Crippen LogP contribution in [-0.2, 0) is 5.41 Å². The van der Waals surface area contributed by atoms with Crippen LogP contribution in [0.15, 0.2) is 212 Å². The summed E-state index contributed by atoms with van der Waals surface area (Å²) in [5, 5.41) is 0. The number of nitrogens with zero attached hydrogens (tertiary/aromatic N) is 1. The Kier molecular flexibility index (Phi) is 7.44. The minimum atomic E-state index is -0.458. The molecule has 0 aliphatic heterocycles. The first-order chi connectivity index (χ1) is 24.8. The zero-order valence-electron chi connectivity index (χ0n) is 27.7. The molecule has 0 saturated heterocycles. The second kappa shape index (κ2) is 12.5. The highest BCUT2D eigenvalue weighted by Crippen LogP contribution is 2.59. The molecule has 50 heavy (non-hydrogen) atoms. The summed E-state index contributed by atoms with van der Waals surface area (Å²) in [6.07, 6.45) is 0. The Labute approximate surface area is 294 Å². The van der Waals surface area contributed by atoms with Crippen molar-refractivity contribution in [2.75, 3.05) is 4.90 Å². The maximum Gasteiger partial charge on any atom is 0.0714 e. The summed E-state index contributed by atoms with van der Waals surface area (Å²) in [6.45, 7) is 0. The Morgan fingerprint density at radius 2 is 0.780 bits per heavy atom. The summed E-state index contributed by atoms with van der Waals surface area (Å²) >= 11 is 0. The molecule has 0 saturated carbocycles. The lowest BCUT2D eigenvalue weighted by Crippen LogP contribution is -2.28. The second-order valence-corrected chi connectivity index (χ2v) is 12.9. The fourth-order valence-corrected chi connectivity index (χ4v) is 7.98. The van der Waals surface area contributed by atoms with Crippen LogP contribution in [0.25, 0.3) is 33.4 Å². The minimum absolute atomic E-state index is 0.458. The predicted octanol–water partition coefficient (Wildman–Crippen LogP) is 12.9. The van der Waals surface area contributed by atoms with Crippen LogP contribution in [-0.4, -0.2) is 0 Å². The highest BCUT2D eigenvalue weighted by atomic mass is 15.1. The van der Waals surface area contributed by atoms with Crippen molar-refractivity contribution in [1.29, 1.82) is 0 Å². The lowest BCUT2D eigenvalue weighted by Gasteiger charge is -2.34. The summed E-state index contributed by atoms with van der Waals surface area (Å²) in [7, 11) is 0. The van der Waals surface area contributed by atoms with E-state index in [1.165, 1.54) is 55.6 Å². The van der Waals surface area contributed by atoms with Gasteiger partial charge in [0.2, 0.25) is 0 Å². The number of anilines is 3. The SMILES string of the molecule is c1ccc(-c2cccc(-c3ccc(N(c4ccccc4)c4cccc5c4-c4ccccc4C5(c4ccccc4)c4ccccc4)cc3)c2)cc1. The molecular weight excluding hydrogens is 603 g/mol. The summed E-state index contributed by atoms with van der Waals surface area (Å²) in [5.74, 6) is 0. The van der Waals surface area contributed by atoms with Crippen molar-refractivity contribution in [2.45, 2.75) is 5.41 Å². The molecule has 0 heterocycles. The van der Waals surface area contributed by atoms with E-state index in [0.717, 1.165) is 17.1 Å². The predicted molar refractivity (Wildman–Crippen MR) is 209 cm³/mol. The molecule has 0 bridgehead atoms. The molecule has 9 rings (SSSR count). The molecule has 236 valence electrons. The Morgan fingerprint density at radius 1 is 0.320 bits per heavy atom. The van der Waals surface area contributed by atoms with Gasteiger partial charge in [0.05, 0.1) is 11.1 Å². The standard InChI is InChI=1S/C49H35N/c1-5-17-36(18-6-1)38-19-15-20-39(35-38)37-31-33-43(34-32-37)50(42-25-11-4-12-26-42)47-30-16-29-46-48(47)44-27-13-14-28-45(44)49(46,40-21-7-2-8-22-40)41-23-9-3-10-24-41/h1-35H. The van der Waals surface area contributed by atoms with Gasteiger partial charge in [0.1, 0.15) is 0 Å². The van der Waals surface area contributed by atoms with Gasteiger partial charge in [-0.25, -0.2) is 0 Å². The first-order valence-electron chi connectivity index (χ1n) is 17.3. The van der Waals surface area contributed by atoms with E-state index in [4.69, 9.17) is 0 Å². The average Bonchev–Trinajstić information content (AvgIpc) is 3.51. The van der Waals surface area contributed by atoms with Crippen molar-refractivity contribution in [3.63, 3.8) is 0 Å². The molecule has 0 atom stereocenters. The number of hydrogen-bond acceptors (Lipinski definition) is 1.